The molecule has 0 radical (unpaired) electrons. The van der Waals surface area contributed by atoms with Crippen LogP contribution in [0.4, 0.5) is 0 Å². The highest BCUT2D eigenvalue weighted by Crippen LogP contribution is 2.18. The quantitative estimate of drug-likeness (QED) is 0.0361. The van der Waals surface area contributed by atoms with Gasteiger partial charge in [-0.25, -0.2) is 0 Å². The third-order valence-corrected chi connectivity index (χ3v) is 14.3. The molecule has 392 valence electrons. The van der Waals surface area contributed by atoms with Gasteiger partial charge in [0.25, 0.3) is 0 Å². The maximum Gasteiger partial charge on any atom is 0.220 e. The van der Waals surface area contributed by atoms with Crippen molar-refractivity contribution in [1.82, 2.24) is 5.32 Å². The van der Waals surface area contributed by atoms with Gasteiger partial charge in [0, 0.05) is 6.42 Å². The zero-order valence-corrected chi connectivity index (χ0v) is 44.9. The molecule has 4 N–H and O–H groups in total. The summed E-state index contributed by atoms with van der Waals surface area (Å²) in [5.41, 5.74) is 0. The van der Waals surface area contributed by atoms with Gasteiger partial charge in [-0.15, -0.1) is 0 Å². The van der Waals surface area contributed by atoms with Crippen molar-refractivity contribution in [2.45, 2.75) is 353 Å². The number of allylic oxidation sites excluding steroid dienone is 4. The molecule has 0 saturated heterocycles. The number of aliphatic hydroxyl groups is 3. The van der Waals surface area contributed by atoms with Crippen molar-refractivity contribution >= 4 is 5.91 Å². The van der Waals surface area contributed by atoms with Crippen molar-refractivity contribution in [1.29, 1.82) is 0 Å². The number of hydrogen-bond donors (Lipinski definition) is 4. The molecule has 0 fully saturated rings. The number of aliphatic hydroxyl groups excluding tert-OH is 3. The molecule has 0 aliphatic rings. The minimum atomic E-state index is -1.17. The van der Waals surface area contributed by atoms with Crippen molar-refractivity contribution in [3.63, 3.8) is 0 Å². The summed E-state index contributed by atoms with van der Waals surface area (Å²) in [6.07, 6.45) is 72.2. The SMILES string of the molecule is CCCCCCCCCCCC/C=C/CC/C=C/CCCC(O)C(O)C(CO)NC(=O)CCCCCCCCCCCCCCCCCCCCCCCCCCCCCCCCCCC. The summed E-state index contributed by atoms with van der Waals surface area (Å²) < 4.78 is 0. The molecule has 0 bridgehead atoms. The first-order valence-electron chi connectivity index (χ1n) is 30.1. The van der Waals surface area contributed by atoms with Gasteiger partial charge < -0.3 is 20.6 Å². The van der Waals surface area contributed by atoms with Crippen molar-refractivity contribution < 1.29 is 20.1 Å². The van der Waals surface area contributed by atoms with E-state index in [1.165, 1.54) is 263 Å². The van der Waals surface area contributed by atoms with Gasteiger partial charge in [0.05, 0.1) is 18.8 Å². The Morgan fingerprint density at radius 1 is 0.364 bits per heavy atom. The zero-order valence-electron chi connectivity index (χ0n) is 44.9. The molecule has 3 atom stereocenters. The van der Waals surface area contributed by atoms with Crippen LogP contribution in [0, 0.1) is 0 Å². The summed E-state index contributed by atoms with van der Waals surface area (Å²) in [6.45, 7) is 4.20. The van der Waals surface area contributed by atoms with Crippen LogP contribution in [-0.2, 0) is 4.79 Å². The van der Waals surface area contributed by atoms with E-state index in [1.54, 1.807) is 0 Å². The molecule has 0 aliphatic heterocycles. The molecule has 0 saturated carbocycles. The Balaban J connectivity index is 3.49. The van der Waals surface area contributed by atoms with Gasteiger partial charge in [0.2, 0.25) is 5.91 Å². The van der Waals surface area contributed by atoms with Gasteiger partial charge in [-0.2, -0.15) is 0 Å². The van der Waals surface area contributed by atoms with Crippen molar-refractivity contribution in [2.24, 2.45) is 0 Å². The van der Waals surface area contributed by atoms with Crippen molar-refractivity contribution in [2.75, 3.05) is 6.61 Å². The number of nitrogens with one attached hydrogen (secondary N) is 1. The molecule has 5 heteroatoms. The second kappa shape index (κ2) is 56.4. The van der Waals surface area contributed by atoms with E-state index < -0.39 is 18.2 Å². The first kappa shape index (κ1) is 64.8. The first-order chi connectivity index (χ1) is 32.6. The van der Waals surface area contributed by atoms with Crippen molar-refractivity contribution in [3.8, 4) is 0 Å². The number of carbonyl (C=O) groups excluding carboxylic acids is 1. The Morgan fingerprint density at radius 2 is 0.621 bits per heavy atom. The summed E-state index contributed by atoms with van der Waals surface area (Å²) in [7, 11) is 0. The van der Waals surface area contributed by atoms with Gasteiger partial charge in [-0.05, 0) is 51.4 Å². The maximum absolute atomic E-state index is 12.5. The zero-order chi connectivity index (χ0) is 47.9. The smallest absolute Gasteiger partial charge is 0.220 e. The normalized spacial score (nSPS) is 13.3. The van der Waals surface area contributed by atoms with Crippen LogP contribution >= 0.6 is 0 Å². The standard InChI is InChI=1S/C61H119NO4/c1-3-5-7-9-11-13-15-17-19-21-23-24-25-26-27-28-29-30-31-32-33-34-35-36-38-40-42-44-46-48-50-52-54-56-60(65)62-58(57-63)61(66)59(64)55-53-51-49-47-45-43-41-39-37-22-20-18-16-14-12-10-8-6-4-2/h39,41,47,49,58-59,61,63-64,66H,3-38,40,42-46,48,50-57H2,1-2H3,(H,62,65)/b41-39+,49-47+. The molecule has 0 aromatic carbocycles. The fourth-order valence-electron chi connectivity index (χ4n) is 9.65. The Bertz CT molecular complexity index is 982. The Labute approximate surface area is 413 Å². The fraction of sp³-hybridized carbons (Fsp3) is 0.918. The molecule has 0 heterocycles. The van der Waals surface area contributed by atoms with E-state index >= 15 is 0 Å². The predicted molar refractivity (Wildman–Crippen MR) is 292 cm³/mol. The second-order valence-corrected chi connectivity index (χ2v) is 20.9. The van der Waals surface area contributed by atoms with E-state index in [4.69, 9.17) is 0 Å². The monoisotopic (exact) mass is 930 g/mol. The summed E-state index contributed by atoms with van der Waals surface area (Å²) in [6, 6.07) is -0.830. The van der Waals surface area contributed by atoms with Crippen LogP contribution in [0.2, 0.25) is 0 Å². The highest BCUT2D eigenvalue weighted by molar-refractivity contribution is 5.76. The average Bonchev–Trinajstić information content (AvgIpc) is 3.32. The van der Waals surface area contributed by atoms with Gasteiger partial charge >= 0.3 is 0 Å². The van der Waals surface area contributed by atoms with Crippen LogP contribution in [-0.4, -0.2) is 46.1 Å². The molecule has 66 heavy (non-hydrogen) atoms. The molecule has 0 rings (SSSR count). The minimum absolute atomic E-state index is 0.151. The lowest BCUT2D eigenvalue weighted by atomic mass is 10.0. The van der Waals surface area contributed by atoms with E-state index in [2.05, 4.69) is 43.5 Å². The van der Waals surface area contributed by atoms with Crippen LogP contribution in [0.25, 0.3) is 0 Å². The van der Waals surface area contributed by atoms with Gasteiger partial charge in [0.1, 0.15) is 6.10 Å². The molecule has 1 amide bonds. The van der Waals surface area contributed by atoms with Crippen LogP contribution in [0.3, 0.4) is 0 Å². The van der Waals surface area contributed by atoms with E-state index in [1.807, 2.05) is 0 Å². The Kier molecular flexibility index (Phi) is 55.4. The Hall–Kier alpha value is -1.17. The predicted octanol–water partition coefficient (Wildman–Crippen LogP) is 18.8. The largest absolute Gasteiger partial charge is 0.394 e. The summed E-state index contributed by atoms with van der Waals surface area (Å²) in [4.78, 5) is 12.5. The molecule has 0 aromatic heterocycles. The highest BCUT2D eigenvalue weighted by Gasteiger charge is 2.26. The molecular weight excluding hydrogens is 811 g/mol. The third kappa shape index (κ3) is 50.7. The van der Waals surface area contributed by atoms with Crippen LogP contribution in [0.1, 0.15) is 335 Å². The number of rotatable bonds is 56. The van der Waals surface area contributed by atoms with Gasteiger partial charge in [-0.1, -0.05) is 301 Å². The molecule has 5 nitrogen and oxygen atoms in total. The number of hydrogen-bond acceptors (Lipinski definition) is 4. The van der Waals surface area contributed by atoms with Crippen molar-refractivity contribution in [3.05, 3.63) is 24.3 Å². The highest BCUT2D eigenvalue weighted by atomic mass is 16.3. The van der Waals surface area contributed by atoms with E-state index in [-0.39, 0.29) is 12.5 Å². The van der Waals surface area contributed by atoms with Crippen LogP contribution < -0.4 is 5.32 Å². The van der Waals surface area contributed by atoms with Crippen LogP contribution in [0.15, 0.2) is 24.3 Å². The molecule has 0 aliphatic carbocycles. The minimum Gasteiger partial charge on any atom is -0.394 e. The summed E-state index contributed by atoms with van der Waals surface area (Å²) in [5, 5.41) is 33.7. The number of amides is 1. The van der Waals surface area contributed by atoms with Crippen LogP contribution in [0.5, 0.6) is 0 Å². The van der Waals surface area contributed by atoms with E-state index in [0.29, 0.717) is 12.8 Å². The molecule has 0 aromatic rings. The summed E-state index contributed by atoms with van der Waals surface area (Å²) >= 11 is 0. The Morgan fingerprint density at radius 3 is 0.924 bits per heavy atom. The maximum atomic E-state index is 12.5. The fourth-order valence-corrected chi connectivity index (χ4v) is 9.65. The molecule has 3 unspecified atom stereocenters. The topological polar surface area (TPSA) is 89.8 Å². The lowest BCUT2D eigenvalue weighted by Gasteiger charge is -2.26. The summed E-state index contributed by atoms with van der Waals surface area (Å²) in [5.74, 6) is -0.151. The average molecular weight is 931 g/mol. The second-order valence-electron chi connectivity index (χ2n) is 20.9. The number of unbranched alkanes of at least 4 members (excludes halogenated alkanes) is 44. The molecule has 0 spiro atoms. The first-order valence-corrected chi connectivity index (χ1v) is 30.1. The van der Waals surface area contributed by atoms with E-state index in [0.717, 1.165) is 44.9 Å². The molecular formula is C61H119NO4. The van der Waals surface area contributed by atoms with Gasteiger partial charge in [0.15, 0.2) is 0 Å². The number of carbonyl (C=O) groups is 1. The third-order valence-electron chi connectivity index (χ3n) is 14.3. The van der Waals surface area contributed by atoms with Gasteiger partial charge in [-0.3, -0.25) is 4.79 Å². The lowest BCUT2D eigenvalue weighted by molar-refractivity contribution is -0.124. The lowest BCUT2D eigenvalue weighted by Crippen LogP contribution is -2.50. The van der Waals surface area contributed by atoms with E-state index in [9.17, 15) is 20.1 Å².